The molecule has 2 aromatic rings. The number of hydrogen-bond acceptors (Lipinski definition) is 4. The highest BCUT2D eigenvalue weighted by Gasteiger charge is 2.13. The Balaban J connectivity index is 2.34. The van der Waals surface area contributed by atoms with Gasteiger partial charge in [-0.05, 0) is 53.7 Å². The first-order valence-electron chi connectivity index (χ1n) is 5.05. The van der Waals surface area contributed by atoms with E-state index in [9.17, 15) is 4.79 Å². The smallest absolute Gasteiger partial charge is 0.267 e. The van der Waals surface area contributed by atoms with Gasteiger partial charge >= 0.3 is 5.69 Å². The molecule has 90 valence electrons. The lowest BCUT2D eigenvalue weighted by Crippen LogP contribution is -2.19. The van der Waals surface area contributed by atoms with Gasteiger partial charge < -0.3 is 0 Å². The third kappa shape index (κ3) is 2.78. The minimum absolute atomic E-state index is 0.0657. The van der Waals surface area contributed by atoms with Gasteiger partial charge in [-0.1, -0.05) is 6.07 Å². The number of aromatic amines is 1. The van der Waals surface area contributed by atoms with E-state index >= 15 is 0 Å². The molecule has 0 aliphatic rings. The van der Waals surface area contributed by atoms with Crippen LogP contribution in [0.25, 0.3) is 0 Å². The highest BCUT2D eigenvalue weighted by atomic mass is 79.9. The fourth-order valence-electron chi connectivity index (χ4n) is 1.36. The summed E-state index contributed by atoms with van der Waals surface area (Å²) in [6.45, 7) is 3.88. The molecule has 0 aliphatic heterocycles. The van der Waals surface area contributed by atoms with Gasteiger partial charge in [-0.15, -0.1) is 5.10 Å². The molecule has 0 radical (unpaired) electrons. The SMILES string of the molecule is CC(C)n1c(Sc2cccc(Br)n2)n[nH]c1=O. The number of nitrogens with one attached hydrogen (secondary N) is 1. The van der Waals surface area contributed by atoms with Crippen molar-refractivity contribution in [3.63, 3.8) is 0 Å². The molecular weight excluding hydrogens is 304 g/mol. The van der Waals surface area contributed by atoms with Crippen LogP contribution in [-0.2, 0) is 0 Å². The van der Waals surface area contributed by atoms with Gasteiger partial charge in [-0.25, -0.2) is 14.9 Å². The van der Waals surface area contributed by atoms with Crippen molar-refractivity contribution < 1.29 is 0 Å². The van der Waals surface area contributed by atoms with E-state index in [-0.39, 0.29) is 11.7 Å². The minimum atomic E-state index is -0.197. The monoisotopic (exact) mass is 314 g/mol. The Morgan fingerprint density at radius 3 is 2.88 bits per heavy atom. The van der Waals surface area contributed by atoms with Gasteiger partial charge in [0.15, 0.2) is 5.16 Å². The van der Waals surface area contributed by atoms with Crippen molar-refractivity contribution in [2.24, 2.45) is 0 Å². The van der Waals surface area contributed by atoms with Gasteiger partial charge in [-0.3, -0.25) is 4.57 Å². The zero-order chi connectivity index (χ0) is 12.4. The van der Waals surface area contributed by atoms with Crippen LogP contribution >= 0.6 is 27.7 Å². The summed E-state index contributed by atoms with van der Waals surface area (Å²) in [6, 6.07) is 5.68. The van der Waals surface area contributed by atoms with Crippen LogP contribution in [0.15, 0.2) is 37.8 Å². The van der Waals surface area contributed by atoms with Gasteiger partial charge in [0.25, 0.3) is 0 Å². The van der Waals surface area contributed by atoms with Crippen molar-refractivity contribution in [1.82, 2.24) is 19.7 Å². The summed E-state index contributed by atoms with van der Waals surface area (Å²) in [4.78, 5) is 15.8. The normalized spacial score (nSPS) is 11.1. The van der Waals surface area contributed by atoms with Gasteiger partial charge in [0, 0.05) is 6.04 Å². The topological polar surface area (TPSA) is 63.6 Å². The summed E-state index contributed by atoms with van der Waals surface area (Å²) in [5, 5.41) is 7.86. The maximum Gasteiger partial charge on any atom is 0.344 e. The van der Waals surface area contributed by atoms with Crippen LogP contribution in [0.4, 0.5) is 0 Å². The van der Waals surface area contributed by atoms with Crippen molar-refractivity contribution in [3.05, 3.63) is 33.3 Å². The first-order valence-corrected chi connectivity index (χ1v) is 6.66. The number of rotatable bonds is 3. The van der Waals surface area contributed by atoms with Crippen LogP contribution in [-0.4, -0.2) is 19.7 Å². The standard InChI is InChI=1S/C10H11BrN4OS/c1-6(2)15-9(16)13-14-10(15)17-8-5-3-4-7(11)12-8/h3-6H,1-2H3,(H,13,16). The lowest BCUT2D eigenvalue weighted by Gasteiger charge is -2.07. The number of pyridine rings is 1. The van der Waals surface area contributed by atoms with Crippen molar-refractivity contribution >= 4 is 27.7 Å². The van der Waals surface area contributed by atoms with E-state index in [1.54, 1.807) is 4.57 Å². The van der Waals surface area contributed by atoms with Crippen molar-refractivity contribution in [3.8, 4) is 0 Å². The quantitative estimate of drug-likeness (QED) is 0.884. The molecule has 0 amide bonds. The second-order valence-electron chi connectivity index (χ2n) is 3.68. The molecule has 0 unspecified atom stereocenters. The summed E-state index contributed by atoms with van der Waals surface area (Å²) in [5.41, 5.74) is -0.197. The number of nitrogens with zero attached hydrogens (tertiary/aromatic N) is 3. The molecule has 0 bridgehead atoms. The Hall–Kier alpha value is -1.08. The third-order valence-corrected chi connectivity index (χ3v) is 3.42. The fourth-order valence-corrected chi connectivity index (χ4v) is 2.78. The lowest BCUT2D eigenvalue weighted by molar-refractivity contribution is 0.534. The van der Waals surface area contributed by atoms with Crippen LogP contribution in [0.3, 0.4) is 0 Å². The van der Waals surface area contributed by atoms with Gasteiger partial charge in [0.05, 0.1) is 0 Å². The Kier molecular flexibility index (Phi) is 3.68. The molecule has 7 heteroatoms. The average Bonchev–Trinajstić information content (AvgIpc) is 2.59. The summed E-state index contributed by atoms with van der Waals surface area (Å²) >= 11 is 4.66. The predicted molar refractivity (Wildman–Crippen MR) is 69.3 cm³/mol. The van der Waals surface area contributed by atoms with E-state index in [1.807, 2.05) is 32.0 Å². The van der Waals surface area contributed by atoms with Gasteiger partial charge in [0.1, 0.15) is 9.63 Å². The summed E-state index contributed by atoms with van der Waals surface area (Å²) in [7, 11) is 0. The fraction of sp³-hybridized carbons (Fsp3) is 0.300. The molecule has 0 aliphatic carbocycles. The predicted octanol–water partition coefficient (Wildman–Crippen LogP) is 2.46. The molecular formula is C10H11BrN4OS. The van der Waals surface area contributed by atoms with E-state index in [4.69, 9.17) is 0 Å². The maximum atomic E-state index is 11.5. The molecule has 2 rings (SSSR count). The highest BCUT2D eigenvalue weighted by Crippen LogP contribution is 2.25. The molecule has 17 heavy (non-hydrogen) atoms. The van der Waals surface area contributed by atoms with E-state index in [1.165, 1.54) is 11.8 Å². The summed E-state index contributed by atoms with van der Waals surface area (Å²) < 4.78 is 2.37. The van der Waals surface area contributed by atoms with E-state index in [0.717, 1.165) is 9.63 Å². The molecule has 0 saturated carbocycles. The Labute approximate surface area is 111 Å². The van der Waals surface area contributed by atoms with Crippen LogP contribution in [0.5, 0.6) is 0 Å². The van der Waals surface area contributed by atoms with Crippen LogP contribution in [0, 0.1) is 0 Å². The summed E-state index contributed by atoms with van der Waals surface area (Å²) in [6.07, 6.45) is 0. The average molecular weight is 315 g/mol. The zero-order valence-corrected chi connectivity index (χ0v) is 11.7. The van der Waals surface area contributed by atoms with E-state index in [0.29, 0.717) is 5.16 Å². The second-order valence-corrected chi connectivity index (χ2v) is 5.48. The first-order chi connectivity index (χ1) is 8.08. The molecule has 2 heterocycles. The maximum absolute atomic E-state index is 11.5. The van der Waals surface area contributed by atoms with Gasteiger partial charge in [0.2, 0.25) is 0 Å². The largest absolute Gasteiger partial charge is 0.344 e. The minimum Gasteiger partial charge on any atom is -0.267 e. The first kappa shape index (κ1) is 12.4. The Bertz CT molecular complexity index is 578. The number of H-pyrrole nitrogens is 1. The van der Waals surface area contributed by atoms with Gasteiger partial charge in [-0.2, -0.15) is 0 Å². The summed E-state index contributed by atoms with van der Waals surface area (Å²) in [5.74, 6) is 0. The van der Waals surface area contributed by atoms with E-state index in [2.05, 4.69) is 31.1 Å². The van der Waals surface area contributed by atoms with Crippen molar-refractivity contribution in [2.75, 3.05) is 0 Å². The molecule has 2 aromatic heterocycles. The third-order valence-electron chi connectivity index (χ3n) is 2.07. The van der Waals surface area contributed by atoms with Crippen LogP contribution < -0.4 is 5.69 Å². The second kappa shape index (κ2) is 5.05. The molecule has 5 nitrogen and oxygen atoms in total. The number of halogens is 1. The Morgan fingerprint density at radius 2 is 2.24 bits per heavy atom. The number of aromatic nitrogens is 4. The Morgan fingerprint density at radius 1 is 1.47 bits per heavy atom. The van der Waals surface area contributed by atoms with Crippen LogP contribution in [0.2, 0.25) is 0 Å². The lowest BCUT2D eigenvalue weighted by atomic mass is 10.4. The van der Waals surface area contributed by atoms with E-state index < -0.39 is 0 Å². The van der Waals surface area contributed by atoms with Crippen LogP contribution in [0.1, 0.15) is 19.9 Å². The molecule has 0 spiro atoms. The molecule has 1 N–H and O–H groups in total. The molecule has 0 saturated heterocycles. The molecule has 0 fully saturated rings. The molecule has 0 aromatic carbocycles. The number of hydrogen-bond donors (Lipinski definition) is 1. The molecule has 0 atom stereocenters. The highest BCUT2D eigenvalue weighted by molar-refractivity contribution is 9.10. The van der Waals surface area contributed by atoms with Crippen molar-refractivity contribution in [2.45, 2.75) is 30.1 Å². The van der Waals surface area contributed by atoms with Crippen molar-refractivity contribution in [1.29, 1.82) is 0 Å². The zero-order valence-electron chi connectivity index (χ0n) is 9.35.